The standard InChI is InChI=1S/C23H32N4O2/c1-15(2)27-21-7-4-3-6-16(21)12-20(23(27)29)22(28)25-17-13-18-8-9-19(14-17)26(18)11-5-10-24/h3-4,6-7,12,15,17-19H,5,8-11,13-14,24H2,1-2H3,(H,25,28)/t17-,18-,19+. The molecule has 6 heteroatoms. The average Bonchev–Trinajstić information content (AvgIpc) is 2.93. The van der Waals surface area contributed by atoms with Crippen LogP contribution in [0.1, 0.15) is 62.4 Å². The Morgan fingerprint density at radius 1 is 1.21 bits per heavy atom. The quantitative estimate of drug-likeness (QED) is 0.787. The molecule has 1 amide bonds. The molecule has 0 radical (unpaired) electrons. The summed E-state index contributed by atoms with van der Waals surface area (Å²) >= 11 is 0. The highest BCUT2D eigenvalue weighted by atomic mass is 16.2. The Bertz CT molecular complexity index is 938. The summed E-state index contributed by atoms with van der Waals surface area (Å²) in [7, 11) is 0. The number of nitrogens with two attached hydrogens (primary N) is 1. The van der Waals surface area contributed by atoms with Crippen molar-refractivity contribution in [1.82, 2.24) is 14.8 Å². The highest BCUT2D eigenvalue weighted by Gasteiger charge is 2.40. The molecule has 2 bridgehead atoms. The molecule has 3 N–H and O–H groups in total. The van der Waals surface area contributed by atoms with Crippen molar-refractivity contribution in [1.29, 1.82) is 0 Å². The van der Waals surface area contributed by atoms with Crippen molar-refractivity contribution in [3.63, 3.8) is 0 Å². The van der Waals surface area contributed by atoms with Gasteiger partial charge in [0.25, 0.3) is 11.5 Å². The molecule has 0 saturated carbocycles. The van der Waals surface area contributed by atoms with E-state index in [9.17, 15) is 9.59 Å². The lowest BCUT2D eigenvalue weighted by atomic mass is 9.96. The van der Waals surface area contributed by atoms with Gasteiger partial charge in [-0.15, -0.1) is 0 Å². The summed E-state index contributed by atoms with van der Waals surface area (Å²) in [6, 6.07) is 10.7. The third kappa shape index (κ3) is 3.83. The molecule has 6 nitrogen and oxygen atoms in total. The summed E-state index contributed by atoms with van der Waals surface area (Å²) in [5.74, 6) is -0.241. The first-order valence-electron chi connectivity index (χ1n) is 10.9. The molecule has 3 atom stereocenters. The van der Waals surface area contributed by atoms with E-state index < -0.39 is 0 Å². The maximum absolute atomic E-state index is 13.1. The number of carbonyl (C=O) groups excluding carboxylic acids is 1. The summed E-state index contributed by atoms with van der Waals surface area (Å²) in [4.78, 5) is 28.8. The number of para-hydroxylation sites is 1. The molecule has 1 aromatic heterocycles. The van der Waals surface area contributed by atoms with Gasteiger partial charge in [-0.3, -0.25) is 14.5 Å². The number of piperidine rings is 1. The fourth-order valence-electron chi connectivity index (χ4n) is 5.25. The molecule has 2 saturated heterocycles. The van der Waals surface area contributed by atoms with Gasteiger partial charge in [-0.1, -0.05) is 18.2 Å². The van der Waals surface area contributed by atoms with E-state index in [-0.39, 0.29) is 29.1 Å². The normalized spacial score (nSPS) is 24.3. The minimum absolute atomic E-state index is 0.0122. The SMILES string of the molecule is CC(C)n1c(=O)c(C(=O)N[C@@H]2C[C@H]3CC[C@@H](C2)N3CCCN)cc2ccccc21. The minimum atomic E-state index is -0.241. The van der Waals surface area contributed by atoms with Crippen LogP contribution in [-0.4, -0.2) is 46.6 Å². The number of fused-ring (bicyclic) bond motifs is 3. The molecule has 4 rings (SSSR count). The van der Waals surface area contributed by atoms with E-state index >= 15 is 0 Å². The molecule has 0 aliphatic carbocycles. The van der Waals surface area contributed by atoms with Crippen molar-refractivity contribution >= 4 is 16.8 Å². The van der Waals surface area contributed by atoms with E-state index in [4.69, 9.17) is 5.73 Å². The second kappa shape index (κ2) is 8.28. The lowest BCUT2D eigenvalue weighted by Crippen LogP contribution is -2.51. The molecule has 3 heterocycles. The zero-order valence-corrected chi connectivity index (χ0v) is 17.4. The number of nitrogens with one attached hydrogen (secondary N) is 1. The van der Waals surface area contributed by atoms with Crippen LogP contribution in [0.15, 0.2) is 35.1 Å². The van der Waals surface area contributed by atoms with Crippen molar-refractivity contribution < 1.29 is 4.79 Å². The fourth-order valence-corrected chi connectivity index (χ4v) is 5.25. The molecule has 1 aromatic carbocycles. The van der Waals surface area contributed by atoms with Gasteiger partial charge in [-0.25, -0.2) is 0 Å². The molecule has 2 aromatic rings. The fraction of sp³-hybridized carbons (Fsp3) is 0.565. The van der Waals surface area contributed by atoms with E-state index in [0.717, 1.165) is 43.3 Å². The van der Waals surface area contributed by atoms with Gasteiger partial charge in [-0.2, -0.15) is 0 Å². The Morgan fingerprint density at radius 2 is 1.90 bits per heavy atom. The molecule has 2 aliphatic heterocycles. The lowest BCUT2D eigenvalue weighted by Gasteiger charge is -2.39. The Labute approximate surface area is 172 Å². The topological polar surface area (TPSA) is 80.4 Å². The smallest absolute Gasteiger partial charge is 0.264 e. The van der Waals surface area contributed by atoms with Crippen molar-refractivity contribution in [3.05, 3.63) is 46.2 Å². The largest absolute Gasteiger partial charge is 0.349 e. The Morgan fingerprint density at radius 3 is 2.55 bits per heavy atom. The third-order valence-corrected chi connectivity index (χ3v) is 6.55. The van der Waals surface area contributed by atoms with Crippen LogP contribution in [0.3, 0.4) is 0 Å². The van der Waals surface area contributed by atoms with Gasteiger partial charge in [0, 0.05) is 24.2 Å². The molecule has 29 heavy (non-hydrogen) atoms. The van der Waals surface area contributed by atoms with Crippen LogP contribution in [-0.2, 0) is 0 Å². The highest BCUT2D eigenvalue weighted by molar-refractivity contribution is 5.97. The molecule has 2 fully saturated rings. The Hall–Kier alpha value is -2.18. The van der Waals surface area contributed by atoms with E-state index in [2.05, 4.69) is 10.2 Å². The van der Waals surface area contributed by atoms with Gasteiger partial charge < -0.3 is 15.6 Å². The summed E-state index contributed by atoms with van der Waals surface area (Å²) in [5.41, 5.74) is 6.59. The predicted octanol–water partition coefficient (Wildman–Crippen LogP) is 2.66. The number of aromatic nitrogens is 1. The van der Waals surface area contributed by atoms with Gasteiger partial charge in [0.15, 0.2) is 0 Å². The summed E-state index contributed by atoms with van der Waals surface area (Å²) < 4.78 is 1.73. The van der Waals surface area contributed by atoms with Crippen LogP contribution < -0.4 is 16.6 Å². The van der Waals surface area contributed by atoms with E-state index in [0.29, 0.717) is 12.1 Å². The average molecular weight is 397 g/mol. The first kappa shape index (κ1) is 20.1. The zero-order valence-electron chi connectivity index (χ0n) is 17.4. The maximum atomic E-state index is 13.1. The second-order valence-corrected chi connectivity index (χ2v) is 8.79. The first-order valence-corrected chi connectivity index (χ1v) is 10.9. The van der Waals surface area contributed by atoms with Gasteiger partial charge in [0.1, 0.15) is 5.56 Å². The zero-order chi connectivity index (χ0) is 20.5. The van der Waals surface area contributed by atoms with Crippen LogP contribution in [0.5, 0.6) is 0 Å². The van der Waals surface area contributed by atoms with Crippen molar-refractivity contribution in [2.75, 3.05) is 13.1 Å². The van der Waals surface area contributed by atoms with Crippen molar-refractivity contribution in [2.45, 2.75) is 70.1 Å². The molecule has 2 aliphatic rings. The number of nitrogens with zero attached hydrogens (tertiary/aromatic N) is 2. The number of pyridine rings is 1. The van der Waals surface area contributed by atoms with Gasteiger partial charge in [-0.05, 0) is 76.6 Å². The number of carbonyl (C=O) groups is 1. The summed E-state index contributed by atoms with van der Waals surface area (Å²) in [6.07, 6.45) is 5.32. The number of amides is 1. The molecule has 0 spiro atoms. The van der Waals surface area contributed by atoms with Crippen LogP contribution >= 0.6 is 0 Å². The van der Waals surface area contributed by atoms with Gasteiger partial charge in [0.05, 0.1) is 5.52 Å². The van der Waals surface area contributed by atoms with Crippen LogP contribution in [0.4, 0.5) is 0 Å². The molecule has 0 unspecified atom stereocenters. The molecular formula is C23H32N4O2. The Balaban J connectivity index is 1.55. The minimum Gasteiger partial charge on any atom is -0.349 e. The van der Waals surface area contributed by atoms with Crippen LogP contribution in [0, 0.1) is 0 Å². The summed E-state index contributed by atoms with van der Waals surface area (Å²) in [6.45, 7) is 5.73. The number of hydrogen-bond donors (Lipinski definition) is 2. The molecule has 156 valence electrons. The number of benzene rings is 1. The summed E-state index contributed by atoms with van der Waals surface area (Å²) in [5, 5.41) is 4.10. The third-order valence-electron chi connectivity index (χ3n) is 6.55. The van der Waals surface area contributed by atoms with Gasteiger partial charge >= 0.3 is 0 Å². The van der Waals surface area contributed by atoms with Crippen LogP contribution in [0.2, 0.25) is 0 Å². The number of hydrogen-bond acceptors (Lipinski definition) is 4. The highest BCUT2D eigenvalue weighted by Crippen LogP contribution is 2.35. The van der Waals surface area contributed by atoms with Crippen LogP contribution in [0.25, 0.3) is 10.9 Å². The van der Waals surface area contributed by atoms with Gasteiger partial charge in [0.2, 0.25) is 0 Å². The lowest BCUT2D eigenvalue weighted by molar-refractivity contribution is 0.0843. The number of rotatable bonds is 6. The van der Waals surface area contributed by atoms with E-state index in [1.165, 1.54) is 12.8 Å². The maximum Gasteiger partial charge on any atom is 0.264 e. The molecular weight excluding hydrogens is 364 g/mol. The Kier molecular flexibility index (Phi) is 5.74. The monoisotopic (exact) mass is 396 g/mol. The van der Waals surface area contributed by atoms with E-state index in [1.54, 1.807) is 10.6 Å². The van der Waals surface area contributed by atoms with Crippen molar-refractivity contribution in [3.8, 4) is 0 Å². The van der Waals surface area contributed by atoms with Crippen molar-refractivity contribution in [2.24, 2.45) is 5.73 Å². The second-order valence-electron chi connectivity index (χ2n) is 8.79. The van der Waals surface area contributed by atoms with E-state index in [1.807, 2.05) is 38.1 Å². The predicted molar refractivity (Wildman–Crippen MR) is 116 cm³/mol. The first-order chi connectivity index (χ1) is 14.0.